The molecule has 2 rings (SSSR count). The van der Waals surface area contributed by atoms with E-state index in [1.165, 1.54) is 28.8 Å². The predicted octanol–water partition coefficient (Wildman–Crippen LogP) is 2.69. The van der Waals surface area contributed by atoms with E-state index in [0.717, 1.165) is 0 Å². The third kappa shape index (κ3) is 3.74. The van der Waals surface area contributed by atoms with Gasteiger partial charge in [-0.3, -0.25) is 4.79 Å². The molecule has 20 heavy (non-hydrogen) atoms. The van der Waals surface area contributed by atoms with Crippen LogP contribution in [0, 0.1) is 5.82 Å². The largest absolute Gasteiger partial charge is 0.492 e. The molecule has 0 saturated carbocycles. The van der Waals surface area contributed by atoms with Gasteiger partial charge in [0.05, 0.1) is 11.6 Å². The Kier molecular flexibility index (Phi) is 4.63. The second-order valence-corrected chi connectivity index (χ2v) is 4.68. The molecule has 4 nitrogen and oxygen atoms in total. The van der Waals surface area contributed by atoms with E-state index >= 15 is 0 Å². The lowest BCUT2D eigenvalue weighted by atomic mass is 10.3. The Morgan fingerprint density at radius 3 is 2.85 bits per heavy atom. The van der Waals surface area contributed by atoms with Crippen molar-refractivity contribution < 1.29 is 9.13 Å². The number of rotatable bonds is 5. The normalized spacial score (nSPS) is 10.5. The van der Waals surface area contributed by atoms with Crippen LogP contribution in [0.2, 0.25) is 5.02 Å². The van der Waals surface area contributed by atoms with E-state index in [9.17, 15) is 9.18 Å². The van der Waals surface area contributed by atoms with Crippen LogP contribution in [0.1, 0.15) is 6.42 Å². The molecule has 1 heterocycles. The van der Waals surface area contributed by atoms with Gasteiger partial charge in [0.15, 0.2) is 0 Å². The van der Waals surface area contributed by atoms with Crippen molar-refractivity contribution in [3.05, 3.63) is 57.7 Å². The van der Waals surface area contributed by atoms with E-state index in [0.29, 0.717) is 31.0 Å². The van der Waals surface area contributed by atoms with Gasteiger partial charge in [-0.2, -0.15) is 0 Å². The quantitative estimate of drug-likeness (QED) is 0.863. The number of benzene rings is 1. The fraction of sp³-hybridized carbons (Fsp3) is 0.214. The first-order valence-corrected chi connectivity index (χ1v) is 6.48. The standard InChI is InChI=1S/C14H14ClFN2O2/c15-12-8-10(16)2-4-13(12)20-7-1-6-18-9-11(17)3-5-14(18)19/h2-5,8-9H,1,6-7,17H2. The lowest BCUT2D eigenvalue weighted by molar-refractivity contribution is 0.300. The predicted molar refractivity (Wildman–Crippen MR) is 76.6 cm³/mol. The van der Waals surface area contributed by atoms with Crippen LogP contribution in [0.25, 0.3) is 0 Å². The summed E-state index contributed by atoms with van der Waals surface area (Å²) in [5.74, 6) is 0.0154. The van der Waals surface area contributed by atoms with Gasteiger partial charge in [0, 0.05) is 24.5 Å². The van der Waals surface area contributed by atoms with Gasteiger partial charge in [0.25, 0.3) is 5.56 Å². The zero-order valence-electron chi connectivity index (χ0n) is 10.7. The molecule has 2 N–H and O–H groups in total. The van der Waals surface area contributed by atoms with Crippen LogP contribution in [0.3, 0.4) is 0 Å². The molecule has 0 amide bonds. The number of nitrogens with zero attached hydrogens (tertiary/aromatic N) is 1. The minimum atomic E-state index is -0.409. The molecule has 0 bridgehead atoms. The highest BCUT2D eigenvalue weighted by Gasteiger charge is 2.03. The molecule has 0 atom stereocenters. The maximum atomic E-state index is 12.8. The maximum Gasteiger partial charge on any atom is 0.250 e. The lowest BCUT2D eigenvalue weighted by Gasteiger charge is -2.09. The van der Waals surface area contributed by atoms with Crippen molar-refractivity contribution in [2.75, 3.05) is 12.3 Å². The Hall–Kier alpha value is -2.01. The first-order chi connectivity index (χ1) is 9.56. The third-order valence-electron chi connectivity index (χ3n) is 2.70. The Labute approximate surface area is 120 Å². The molecular weight excluding hydrogens is 283 g/mol. The van der Waals surface area contributed by atoms with Gasteiger partial charge in [-0.25, -0.2) is 4.39 Å². The molecule has 0 spiro atoms. The number of nitrogen functional groups attached to an aromatic ring is 1. The molecule has 0 aliphatic carbocycles. The molecule has 0 saturated heterocycles. The summed E-state index contributed by atoms with van der Waals surface area (Å²) in [4.78, 5) is 11.5. The van der Waals surface area contributed by atoms with Crippen LogP contribution in [0.4, 0.5) is 10.1 Å². The van der Waals surface area contributed by atoms with Crippen molar-refractivity contribution >= 4 is 17.3 Å². The SMILES string of the molecule is Nc1ccc(=O)n(CCCOc2ccc(F)cc2Cl)c1. The van der Waals surface area contributed by atoms with Crippen LogP contribution in [-0.4, -0.2) is 11.2 Å². The van der Waals surface area contributed by atoms with E-state index in [1.54, 1.807) is 12.3 Å². The van der Waals surface area contributed by atoms with Crippen molar-refractivity contribution in [2.24, 2.45) is 0 Å². The summed E-state index contributed by atoms with van der Waals surface area (Å²) in [7, 11) is 0. The highest BCUT2D eigenvalue weighted by Crippen LogP contribution is 2.24. The first kappa shape index (κ1) is 14.4. The minimum absolute atomic E-state index is 0.112. The number of ether oxygens (including phenoxy) is 1. The van der Waals surface area contributed by atoms with E-state index in [2.05, 4.69) is 0 Å². The van der Waals surface area contributed by atoms with Crippen LogP contribution < -0.4 is 16.0 Å². The average molecular weight is 297 g/mol. The van der Waals surface area contributed by atoms with Crippen molar-refractivity contribution in [1.82, 2.24) is 4.57 Å². The lowest BCUT2D eigenvalue weighted by Crippen LogP contribution is -2.20. The van der Waals surface area contributed by atoms with Gasteiger partial charge in [-0.1, -0.05) is 11.6 Å². The second kappa shape index (κ2) is 6.43. The average Bonchev–Trinajstić information content (AvgIpc) is 2.40. The van der Waals surface area contributed by atoms with Gasteiger partial charge >= 0.3 is 0 Å². The third-order valence-corrected chi connectivity index (χ3v) is 3.00. The van der Waals surface area contributed by atoms with Crippen molar-refractivity contribution in [3.63, 3.8) is 0 Å². The summed E-state index contributed by atoms with van der Waals surface area (Å²) in [6, 6.07) is 6.94. The Bertz CT molecular complexity index is 658. The first-order valence-electron chi connectivity index (χ1n) is 6.10. The number of pyridine rings is 1. The zero-order valence-corrected chi connectivity index (χ0v) is 11.4. The van der Waals surface area contributed by atoms with Gasteiger partial charge in [0.1, 0.15) is 11.6 Å². The molecule has 2 aromatic rings. The molecule has 6 heteroatoms. The summed E-state index contributed by atoms with van der Waals surface area (Å²) >= 11 is 5.83. The zero-order chi connectivity index (χ0) is 14.5. The monoisotopic (exact) mass is 296 g/mol. The highest BCUT2D eigenvalue weighted by molar-refractivity contribution is 6.32. The smallest absolute Gasteiger partial charge is 0.250 e. The van der Waals surface area contributed by atoms with Crippen LogP contribution >= 0.6 is 11.6 Å². The van der Waals surface area contributed by atoms with Gasteiger partial charge in [-0.05, 0) is 30.7 Å². The summed E-state index contributed by atoms with van der Waals surface area (Å²) in [6.45, 7) is 0.856. The van der Waals surface area contributed by atoms with Crippen molar-refractivity contribution in [1.29, 1.82) is 0 Å². The van der Waals surface area contributed by atoms with Gasteiger partial charge < -0.3 is 15.0 Å². The summed E-state index contributed by atoms with van der Waals surface area (Å²) in [5.41, 5.74) is 6.04. The highest BCUT2D eigenvalue weighted by atomic mass is 35.5. The summed E-state index contributed by atoms with van der Waals surface area (Å²) < 4.78 is 19.8. The molecule has 1 aromatic heterocycles. The molecule has 0 unspecified atom stereocenters. The fourth-order valence-electron chi connectivity index (χ4n) is 1.73. The summed E-state index contributed by atoms with van der Waals surface area (Å²) in [6.07, 6.45) is 2.20. The second-order valence-electron chi connectivity index (χ2n) is 4.27. The number of hydrogen-bond acceptors (Lipinski definition) is 3. The molecule has 0 aliphatic rings. The minimum Gasteiger partial charge on any atom is -0.492 e. The fourth-order valence-corrected chi connectivity index (χ4v) is 1.96. The Balaban J connectivity index is 1.87. The van der Waals surface area contributed by atoms with Crippen LogP contribution in [-0.2, 0) is 6.54 Å². The molecule has 1 aromatic carbocycles. The molecular formula is C14H14ClFN2O2. The van der Waals surface area contributed by atoms with Crippen molar-refractivity contribution in [3.8, 4) is 5.75 Å². The number of aromatic nitrogens is 1. The van der Waals surface area contributed by atoms with Crippen LogP contribution in [0.5, 0.6) is 5.75 Å². The maximum absolute atomic E-state index is 12.8. The molecule has 0 fully saturated rings. The number of nitrogens with two attached hydrogens (primary N) is 1. The molecule has 0 aliphatic heterocycles. The van der Waals surface area contributed by atoms with E-state index in [1.807, 2.05) is 0 Å². The van der Waals surface area contributed by atoms with E-state index < -0.39 is 5.82 Å². The van der Waals surface area contributed by atoms with Gasteiger partial charge in [0.2, 0.25) is 0 Å². The Morgan fingerprint density at radius 2 is 2.10 bits per heavy atom. The van der Waals surface area contributed by atoms with E-state index in [4.69, 9.17) is 22.1 Å². The van der Waals surface area contributed by atoms with Crippen molar-refractivity contribution in [2.45, 2.75) is 13.0 Å². The number of aryl methyl sites for hydroxylation is 1. The Morgan fingerprint density at radius 1 is 1.30 bits per heavy atom. The number of hydrogen-bond donors (Lipinski definition) is 1. The topological polar surface area (TPSA) is 57.2 Å². The number of anilines is 1. The molecule has 106 valence electrons. The number of halogens is 2. The van der Waals surface area contributed by atoms with E-state index in [-0.39, 0.29) is 10.6 Å². The summed E-state index contributed by atoms with van der Waals surface area (Å²) in [5, 5.41) is 0.228. The molecule has 0 radical (unpaired) electrons. The van der Waals surface area contributed by atoms with Gasteiger partial charge in [-0.15, -0.1) is 0 Å². The van der Waals surface area contributed by atoms with Crippen LogP contribution in [0.15, 0.2) is 41.3 Å².